The number of halogens is 2. The van der Waals surface area contributed by atoms with Crippen molar-refractivity contribution in [2.45, 2.75) is 40.0 Å². The summed E-state index contributed by atoms with van der Waals surface area (Å²) in [6, 6.07) is 9.87. The SMILES string of the molecule is CCCCOc1cc(CC(=O)O)cc(OC/C(C(=N)c2c(Cl)cccc2Cl)=C(/O)C(C)C)c1. The van der Waals surface area contributed by atoms with Gasteiger partial charge in [-0.1, -0.05) is 56.5 Å². The highest BCUT2D eigenvalue weighted by Crippen LogP contribution is 2.30. The first-order valence-electron chi connectivity index (χ1n) is 10.7. The predicted molar refractivity (Wildman–Crippen MR) is 131 cm³/mol. The molecule has 0 fully saturated rings. The lowest BCUT2D eigenvalue weighted by Crippen LogP contribution is -2.17. The van der Waals surface area contributed by atoms with Crippen LogP contribution in [0.5, 0.6) is 11.5 Å². The highest BCUT2D eigenvalue weighted by Gasteiger charge is 2.21. The average molecular weight is 494 g/mol. The summed E-state index contributed by atoms with van der Waals surface area (Å²) in [5.41, 5.74) is 1.01. The molecule has 0 bridgehead atoms. The van der Waals surface area contributed by atoms with Crippen LogP contribution in [0.15, 0.2) is 47.7 Å². The van der Waals surface area contributed by atoms with Gasteiger partial charge in [0.2, 0.25) is 0 Å². The van der Waals surface area contributed by atoms with Crippen molar-refractivity contribution >= 4 is 34.9 Å². The van der Waals surface area contributed by atoms with E-state index in [2.05, 4.69) is 0 Å². The van der Waals surface area contributed by atoms with Crippen molar-refractivity contribution in [3.63, 3.8) is 0 Å². The quantitative estimate of drug-likeness (QED) is 0.173. The smallest absolute Gasteiger partial charge is 0.307 e. The first-order chi connectivity index (χ1) is 15.6. The van der Waals surface area contributed by atoms with Crippen molar-refractivity contribution in [2.75, 3.05) is 13.2 Å². The molecule has 0 saturated carbocycles. The fraction of sp³-hybridized carbons (Fsp3) is 0.360. The molecule has 2 aromatic rings. The Morgan fingerprint density at radius 1 is 1.06 bits per heavy atom. The third-order valence-corrected chi connectivity index (χ3v) is 5.45. The molecule has 0 unspecified atom stereocenters. The number of carbonyl (C=O) groups is 1. The summed E-state index contributed by atoms with van der Waals surface area (Å²) in [5, 5.41) is 29.2. The fourth-order valence-electron chi connectivity index (χ4n) is 3.07. The predicted octanol–water partition coefficient (Wildman–Crippen LogP) is 6.71. The van der Waals surface area contributed by atoms with Gasteiger partial charge in [0, 0.05) is 17.5 Å². The Hall–Kier alpha value is -2.70. The summed E-state index contributed by atoms with van der Waals surface area (Å²) < 4.78 is 11.7. The Bertz CT molecular complexity index is 1010. The molecular weight excluding hydrogens is 465 g/mol. The minimum Gasteiger partial charge on any atom is -0.512 e. The number of nitrogens with one attached hydrogen (secondary N) is 1. The Kier molecular flexibility index (Phi) is 10.1. The Labute approximate surface area is 204 Å². The standard InChI is InChI=1S/C25H29Cl2NO5/c1-4-5-9-32-17-10-16(12-22(29)30)11-18(13-17)33-14-19(25(31)15(2)3)24(28)23-20(26)7-6-8-21(23)27/h6-8,10-11,13,15,28,31H,4-5,9,12,14H2,1-3H3,(H,29,30)/b25-19-,28-24?. The number of hydrogen-bond acceptors (Lipinski definition) is 5. The van der Waals surface area contributed by atoms with Crippen LogP contribution in [0.1, 0.15) is 44.7 Å². The molecule has 0 aliphatic rings. The summed E-state index contributed by atoms with van der Waals surface area (Å²) >= 11 is 12.6. The van der Waals surface area contributed by atoms with Crippen LogP contribution in [0.2, 0.25) is 10.0 Å². The van der Waals surface area contributed by atoms with Crippen LogP contribution >= 0.6 is 23.2 Å². The van der Waals surface area contributed by atoms with Crippen molar-refractivity contribution in [2.24, 2.45) is 5.92 Å². The van der Waals surface area contributed by atoms with Crippen molar-refractivity contribution < 1.29 is 24.5 Å². The van der Waals surface area contributed by atoms with E-state index in [1.54, 1.807) is 50.2 Å². The first kappa shape index (κ1) is 26.6. The van der Waals surface area contributed by atoms with Crippen LogP contribution in [0.4, 0.5) is 0 Å². The lowest BCUT2D eigenvalue weighted by atomic mass is 9.97. The van der Waals surface area contributed by atoms with Gasteiger partial charge in [0.05, 0.1) is 34.4 Å². The molecule has 0 radical (unpaired) electrons. The van der Waals surface area contributed by atoms with Gasteiger partial charge in [0.15, 0.2) is 0 Å². The number of ether oxygens (including phenoxy) is 2. The van der Waals surface area contributed by atoms with Crippen LogP contribution in [-0.2, 0) is 11.2 Å². The van der Waals surface area contributed by atoms with Crippen molar-refractivity contribution in [3.8, 4) is 11.5 Å². The summed E-state index contributed by atoms with van der Waals surface area (Å²) in [6.45, 7) is 6.00. The van der Waals surface area contributed by atoms with Gasteiger partial charge < -0.3 is 19.7 Å². The van der Waals surface area contributed by atoms with Crippen LogP contribution in [0.3, 0.4) is 0 Å². The largest absolute Gasteiger partial charge is 0.512 e. The normalized spacial score (nSPS) is 11.8. The van der Waals surface area contributed by atoms with E-state index in [1.165, 1.54) is 0 Å². The summed E-state index contributed by atoms with van der Waals surface area (Å²) in [4.78, 5) is 11.2. The van der Waals surface area contributed by atoms with Gasteiger partial charge in [0.1, 0.15) is 23.9 Å². The second kappa shape index (κ2) is 12.5. The molecule has 2 aromatic carbocycles. The summed E-state index contributed by atoms with van der Waals surface area (Å²) in [7, 11) is 0. The maximum atomic E-state index is 11.2. The number of aliphatic hydroxyl groups excluding tert-OH is 1. The number of benzene rings is 2. The van der Waals surface area contributed by atoms with E-state index in [9.17, 15) is 15.0 Å². The number of aliphatic carboxylic acids is 1. The molecule has 0 amide bonds. The minimum absolute atomic E-state index is 0.0166. The maximum Gasteiger partial charge on any atom is 0.307 e. The highest BCUT2D eigenvalue weighted by atomic mass is 35.5. The molecule has 6 nitrogen and oxygen atoms in total. The van der Waals surface area contributed by atoms with Gasteiger partial charge in [-0.05, 0) is 36.2 Å². The Morgan fingerprint density at radius 3 is 2.21 bits per heavy atom. The first-order valence-corrected chi connectivity index (χ1v) is 11.5. The second-order valence-corrected chi connectivity index (χ2v) is 8.68. The number of carboxylic acids is 1. The van der Waals surface area contributed by atoms with Gasteiger partial charge in [-0.15, -0.1) is 0 Å². The molecule has 178 valence electrons. The summed E-state index contributed by atoms with van der Waals surface area (Å²) in [5.74, 6) is -0.388. The van der Waals surface area contributed by atoms with Gasteiger partial charge >= 0.3 is 5.97 Å². The van der Waals surface area contributed by atoms with E-state index in [0.29, 0.717) is 29.2 Å². The number of aliphatic hydroxyl groups is 1. The van der Waals surface area contributed by atoms with E-state index in [0.717, 1.165) is 12.8 Å². The molecule has 2 rings (SSSR count). The third kappa shape index (κ3) is 7.69. The lowest BCUT2D eigenvalue weighted by molar-refractivity contribution is -0.136. The van der Waals surface area contributed by atoms with E-state index >= 15 is 0 Å². The van der Waals surface area contributed by atoms with Crippen LogP contribution in [0.25, 0.3) is 0 Å². The molecule has 0 heterocycles. The second-order valence-electron chi connectivity index (χ2n) is 7.86. The number of hydrogen-bond donors (Lipinski definition) is 3. The zero-order chi connectivity index (χ0) is 24.5. The average Bonchev–Trinajstić information content (AvgIpc) is 2.73. The topological polar surface area (TPSA) is 99.8 Å². The molecule has 33 heavy (non-hydrogen) atoms. The molecule has 0 spiro atoms. The van der Waals surface area contributed by atoms with Crippen molar-refractivity contribution in [1.82, 2.24) is 0 Å². The molecule has 0 aliphatic heterocycles. The number of carboxylic acid groups (broad SMARTS) is 1. The van der Waals surface area contributed by atoms with Gasteiger partial charge in [-0.25, -0.2) is 0 Å². The lowest BCUT2D eigenvalue weighted by Gasteiger charge is -2.18. The zero-order valence-electron chi connectivity index (χ0n) is 19.0. The van der Waals surface area contributed by atoms with E-state index in [1.807, 2.05) is 6.92 Å². The van der Waals surface area contributed by atoms with Crippen LogP contribution in [-0.4, -0.2) is 35.1 Å². The van der Waals surface area contributed by atoms with Crippen LogP contribution in [0, 0.1) is 11.3 Å². The molecule has 0 saturated heterocycles. The minimum atomic E-state index is -0.972. The highest BCUT2D eigenvalue weighted by molar-refractivity contribution is 6.41. The summed E-state index contributed by atoms with van der Waals surface area (Å²) in [6.07, 6.45) is 1.64. The molecule has 3 N–H and O–H groups in total. The molecule has 0 atom stereocenters. The van der Waals surface area contributed by atoms with Gasteiger partial charge in [-0.3, -0.25) is 10.2 Å². The number of rotatable bonds is 12. The number of allylic oxidation sites excluding steroid dienone is 1. The molecule has 8 heteroatoms. The van der Waals surface area contributed by atoms with E-state index < -0.39 is 5.97 Å². The monoisotopic (exact) mass is 493 g/mol. The van der Waals surface area contributed by atoms with Crippen LogP contribution < -0.4 is 9.47 Å². The Balaban J connectivity index is 2.37. The van der Waals surface area contributed by atoms with Crippen molar-refractivity contribution in [3.05, 3.63) is 68.9 Å². The van der Waals surface area contributed by atoms with E-state index in [-0.39, 0.29) is 46.0 Å². The number of unbranched alkanes of at least 4 members (excludes halogenated alkanes) is 1. The molecule has 0 aliphatic carbocycles. The van der Waals surface area contributed by atoms with E-state index in [4.69, 9.17) is 38.1 Å². The maximum absolute atomic E-state index is 11.2. The molecular formula is C25H29Cl2NO5. The third-order valence-electron chi connectivity index (χ3n) is 4.82. The van der Waals surface area contributed by atoms with Gasteiger partial charge in [-0.2, -0.15) is 0 Å². The Morgan fingerprint density at radius 2 is 1.67 bits per heavy atom. The van der Waals surface area contributed by atoms with Crippen molar-refractivity contribution in [1.29, 1.82) is 5.41 Å². The molecule has 0 aromatic heterocycles. The van der Waals surface area contributed by atoms with Gasteiger partial charge in [0.25, 0.3) is 0 Å². The zero-order valence-corrected chi connectivity index (χ0v) is 20.5. The fourth-order valence-corrected chi connectivity index (χ4v) is 3.66.